The lowest BCUT2D eigenvalue weighted by atomic mass is 10.3. The predicted octanol–water partition coefficient (Wildman–Crippen LogP) is 0.369. The second-order valence-corrected chi connectivity index (χ2v) is 2.36. The molecule has 0 saturated heterocycles. The third kappa shape index (κ3) is 1.06. The molecule has 2 aromatic rings. The first-order valence-corrected chi connectivity index (χ1v) is 3.32. The van der Waals surface area contributed by atoms with Crippen LogP contribution in [0.15, 0.2) is 22.8 Å². The molecular weight excluding hydrogens is 178 g/mol. The van der Waals surface area contributed by atoms with Crippen LogP contribution in [0, 0.1) is 15.3 Å². The molecule has 0 aliphatic rings. The standard InChI is InChI=1S/C6H3N3O4/c10-8(11)4-1-2-5-6(3-4)9(12)13-7-5/h1-3H. The van der Waals surface area contributed by atoms with Crippen LogP contribution in [0.2, 0.25) is 0 Å². The molecule has 66 valence electrons. The highest BCUT2D eigenvalue weighted by molar-refractivity contribution is 5.73. The Labute approximate surface area is 70.9 Å². The number of non-ortho nitro benzene ring substituents is 1. The van der Waals surface area contributed by atoms with Crippen LogP contribution in [0.4, 0.5) is 5.69 Å². The van der Waals surface area contributed by atoms with E-state index in [1.54, 1.807) is 0 Å². The third-order valence-corrected chi connectivity index (χ3v) is 1.58. The molecule has 0 saturated carbocycles. The third-order valence-electron chi connectivity index (χ3n) is 1.58. The average molecular weight is 181 g/mol. The number of hydrogen-bond acceptors (Lipinski definition) is 5. The summed E-state index contributed by atoms with van der Waals surface area (Å²) < 4.78 is 4.24. The van der Waals surface area contributed by atoms with Crippen LogP contribution in [-0.4, -0.2) is 10.1 Å². The van der Waals surface area contributed by atoms with E-state index in [1.807, 2.05) is 0 Å². The van der Waals surface area contributed by atoms with E-state index in [0.29, 0.717) is 5.52 Å². The molecule has 0 bridgehead atoms. The first-order chi connectivity index (χ1) is 6.18. The van der Waals surface area contributed by atoms with Gasteiger partial charge in [-0.05, 0) is 4.90 Å². The SMILES string of the molecule is O=[N+]([O-])c1ccc2no[n+]([O-])c2c1. The Hall–Kier alpha value is -2.18. The van der Waals surface area contributed by atoms with Gasteiger partial charge in [0.25, 0.3) is 5.69 Å². The molecule has 1 aromatic heterocycles. The Balaban J connectivity index is 2.72. The van der Waals surface area contributed by atoms with Crippen LogP contribution >= 0.6 is 0 Å². The molecular formula is C6H3N3O4. The van der Waals surface area contributed by atoms with Gasteiger partial charge in [-0.2, -0.15) is 0 Å². The molecule has 0 aliphatic carbocycles. The lowest BCUT2D eigenvalue weighted by Gasteiger charge is -1.88. The number of nitrogens with zero attached hydrogens (tertiary/aromatic N) is 3. The smallest absolute Gasteiger partial charge is 0.274 e. The predicted molar refractivity (Wildman–Crippen MR) is 39.6 cm³/mol. The van der Waals surface area contributed by atoms with Crippen molar-refractivity contribution in [2.45, 2.75) is 0 Å². The van der Waals surface area contributed by atoms with Crippen LogP contribution in [-0.2, 0) is 0 Å². The zero-order chi connectivity index (χ0) is 9.42. The molecule has 2 rings (SSSR count). The van der Waals surface area contributed by atoms with Gasteiger partial charge in [0, 0.05) is 17.3 Å². The fourth-order valence-electron chi connectivity index (χ4n) is 0.974. The molecule has 7 nitrogen and oxygen atoms in total. The highest BCUT2D eigenvalue weighted by Gasteiger charge is 2.14. The topological polar surface area (TPSA) is 96.1 Å². The number of aromatic nitrogens is 2. The number of benzene rings is 1. The van der Waals surface area contributed by atoms with Crippen molar-refractivity contribution in [3.8, 4) is 0 Å². The van der Waals surface area contributed by atoms with Crippen molar-refractivity contribution in [1.29, 1.82) is 0 Å². The second-order valence-electron chi connectivity index (χ2n) is 2.36. The molecule has 1 aromatic carbocycles. The summed E-state index contributed by atoms with van der Waals surface area (Å²) in [5.74, 6) is 0. The highest BCUT2D eigenvalue weighted by atomic mass is 16.8. The van der Waals surface area contributed by atoms with Crippen molar-refractivity contribution in [2.24, 2.45) is 0 Å². The maximum Gasteiger partial charge on any atom is 0.274 e. The van der Waals surface area contributed by atoms with Gasteiger partial charge >= 0.3 is 0 Å². The van der Waals surface area contributed by atoms with E-state index in [-0.39, 0.29) is 16.1 Å². The van der Waals surface area contributed by atoms with Gasteiger partial charge in [0.1, 0.15) is 0 Å². The van der Waals surface area contributed by atoms with Crippen LogP contribution in [0.1, 0.15) is 0 Å². The summed E-state index contributed by atoms with van der Waals surface area (Å²) in [6.07, 6.45) is 0. The summed E-state index contributed by atoms with van der Waals surface area (Å²) in [5, 5.41) is 24.5. The van der Waals surface area contributed by atoms with E-state index in [2.05, 4.69) is 9.79 Å². The molecule has 7 heteroatoms. The van der Waals surface area contributed by atoms with Crippen molar-refractivity contribution >= 4 is 16.7 Å². The van der Waals surface area contributed by atoms with E-state index in [9.17, 15) is 15.3 Å². The van der Waals surface area contributed by atoms with Gasteiger partial charge < -0.3 is 5.21 Å². The second kappa shape index (κ2) is 2.41. The number of rotatable bonds is 1. The van der Waals surface area contributed by atoms with Crippen LogP contribution < -0.4 is 4.90 Å². The largest absolute Gasteiger partial charge is 0.359 e. The summed E-state index contributed by atoms with van der Waals surface area (Å²) in [7, 11) is 0. The summed E-state index contributed by atoms with van der Waals surface area (Å²) >= 11 is 0. The fourth-order valence-corrected chi connectivity index (χ4v) is 0.974. The summed E-state index contributed by atoms with van der Waals surface area (Å²) in [6.45, 7) is 0. The lowest BCUT2D eigenvalue weighted by molar-refractivity contribution is -0.782. The van der Waals surface area contributed by atoms with Gasteiger partial charge in [0.2, 0.25) is 11.0 Å². The van der Waals surface area contributed by atoms with Gasteiger partial charge in [-0.3, -0.25) is 14.7 Å². The maximum atomic E-state index is 10.8. The summed E-state index contributed by atoms with van der Waals surface area (Å²) in [6, 6.07) is 3.72. The molecule has 0 unspecified atom stereocenters. The normalized spacial score (nSPS) is 10.5. The minimum Gasteiger partial charge on any atom is -0.359 e. The molecule has 0 radical (unpaired) electrons. The summed E-state index contributed by atoms with van der Waals surface area (Å²) in [5.41, 5.74) is 0.176. The average Bonchev–Trinajstić information content (AvgIpc) is 2.47. The van der Waals surface area contributed by atoms with Crippen LogP contribution in [0.5, 0.6) is 0 Å². The molecule has 0 N–H and O–H groups in total. The molecule has 0 aliphatic heterocycles. The maximum absolute atomic E-state index is 10.8. The zero-order valence-corrected chi connectivity index (χ0v) is 6.21. The Morgan fingerprint density at radius 1 is 1.54 bits per heavy atom. The van der Waals surface area contributed by atoms with E-state index in [1.165, 1.54) is 12.1 Å². The van der Waals surface area contributed by atoms with Gasteiger partial charge in [-0.25, -0.2) is 0 Å². The summed E-state index contributed by atoms with van der Waals surface area (Å²) in [4.78, 5) is 9.86. The number of hydrogen-bond donors (Lipinski definition) is 0. The Morgan fingerprint density at radius 3 is 3.00 bits per heavy atom. The quantitative estimate of drug-likeness (QED) is 0.359. The number of nitro benzene ring substituents is 1. The van der Waals surface area contributed by atoms with Crippen LogP contribution in [0.3, 0.4) is 0 Å². The van der Waals surface area contributed by atoms with Crippen molar-refractivity contribution in [3.63, 3.8) is 0 Å². The van der Waals surface area contributed by atoms with Crippen molar-refractivity contribution in [2.75, 3.05) is 0 Å². The van der Waals surface area contributed by atoms with E-state index < -0.39 is 4.92 Å². The number of fused-ring (bicyclic) bond motifs is 1. The molecule has 0 spiro atoms. The Bertz CT molecular complexity index is 478. The van der Waals surface area contributed by atoms with E-state index in [4.69, 9.17) is 0 Å². The van der Waals surface area contributed by atoms with Gasteiger partial charge in [-0.15, -0.1) is 0 Å². The minimum absolute atomic E-state index is 0.0502. The van der Waals surface area contributed by atoms with Gasteiger partial charge in [0.15, 0.2) is 0 Å². The number of nitro groups is 1. The molecule has 0 fully saturated rings. The fraction of sp³-hybridized carbons (Fsp3) is 0. The minimum atomic E-state index is -0.591. The first-order valence-electron chi connectivity index (χ1n) is 3.32. The lowest BCUT2D eigenvalue weighted by Crippen LogP contribution is -2.22. The first kappa shape index (κ1) is 7.47. The van der Waals surface area contributed by atoms with Crippen molar-refractivity contribution in [3.05, 3.63) is 33.5 Å². The van der Waals surface area contributed by atoms with Crippen molar-refractivity contribution in [1.82, 2.24) is 5.16 Å². The molecule has 1 heterocycles. The molecule has 0 amide bonds. The zero-order valence-electron chi connectivity index (χ0n) is 6.21. The van der Waals surface area contributed by atoms with E-state index in [0.717, 1.165) is 6.07 Å². The highest BCUT2D eigenvalue weighted by Crippen LogP contribution is 2.15. The van der Waals surface area contributed by atoms with Gasteiger partial charge in [0.05, 0.1) is 11.0 Å². The molecule has 0 atom stereocenters. The Morgan fingerprint density at radius 2 is 2.31 bits per heavy atom. The van der Waals surface area contributed by atoms with Crippen molar-refractivity contribution < 1.29 is 14.5 Å². The Kier molecular flexibility index (Phi) is 1.38. The van der Waals surface area contributed by atoms with Gasteiger partial charge in [-0.1, -0.05) is 0 Å². The van der Waals surface area contributed by atoms with E-state index >= 15 is 0 Å². The molecule has 13 heavy (non-hydrogen) atoms. The monoisotopic (exact) mass is 181 g/mol. The van der Waals surface area contributed by atoms with Crippen LogP contribution in [0.25, 0.3) is 11.0 Å².